The van der Waals surface area contributed by atoms with Crippen LogP contribution in [0.15, 0.2) is 60.9 Å². The number of aromatic nitrogens is 3. The molecule has 3 aromatic rings. The Morgan fingerprint density at radius 1 is 0.966 bits per heavy atom. The molecule has 148 valence electrons. The van der Waals surface area contributed by atoms with Gasteiger partial charge in [0.2, 0.25) is 5.91 Å². The van der Waals surface area contributed by atoms with Crippen LogP contribution in [0, 0.1) is 0 Å². The highest BCUT2D eigenvalue weighted by Crippen LogP contribution is 2.16. The molecule has 0 unspecified atom stereocenters. The van der Waals surface area contributed by atoms with E-state index in [1.807, 2.05) is 24.1 Å². The van der Waals surface area contributed by atoms with Gasteiger partial charge in [-0.15, -0.1) is 10.2 Å². The van der Waals surface area contributed by atoms with Gasteiger partial charge in [-0.05, 0) is 54.4 Å². The lowest BCUT2D eigenvalue weighted by atomic mass is 10.2. The molecular weight excluding hydrogens is 368 g/mol. The van der Waals surface area contributed by atoms with E-state index in [9.17, 15) is 9.59 Å². The second kappa shape index (κ2) is 9.41. The average Bonchev–Trinajstić information content (AvgIpc) is 2.72. The first-order chi connectivity index (χ1) is 14.0. The van der Waals surface area contributed by atoms with Crippen molar-refractivity contribution in [1.82, 2.24) is 15.2 Å². The van der Waals surface area contributed by atoms with Gasteiger partial charge in [0.05, 0.1) is 0 Å². The van der Waals surface area contributed by atoms with Gasteiger partial charge in [-0.1, -0.05) is 6.07 Å². The summed E-state index contributed by atoms with van der Waals surface area (Å²) in [5.74, 6) is 0.134. The maximum atomic E-state index is 12.4. The van der Waals surface area contributed by atoms with Gasteiger partial charge in [-0.25, -0.2) is 0 Å². The highest BCUT2D eigenvalue weighted by Gasteiger charge is 2.11. The third-order valence-corrected chi connectivity index (χ3v) is 4.20. The van der Waals surface area contributed by atoms with Crippen molar-refractivity contribution in [3.05, 3.63) is 72.2 Å². The van der Waals surface area contributed by atoms with Crippen molar-refractivity contribution in [3.8, 4) is 0 Å². The van der Waals surface area contributed by atoms with Crippen LogP contribution in [-0.2, 0) is 11.2 Å². The zero-order valence-corrected chi connectivity index (χ0v) is 16.3. The first-order valence-electron chi connectivity index (χ1n) is 9.14. The number of hydrogen-bond acceptors (Lipinski definition) is 6. The van der Waals surface area contributed by atoms with Crippen LogP contribution >= 0.6 is 0 Å². The molecule has 29 heavy (non-hydrogen) atoms. The van der Waals surface area contributed by atoms with Gasteiger partial charge in [0.1, 0.15) is 0 Å². The molecule has 3 rings (SSSR count). The summed E-state index contributed by atoms with van der Waals surface area (Å²) >= 11 is 0. The molecule has 0 aliphatic heterocycles. The second-order valence-corrected chi connectivity index (χ2v) is 6.52. The topological polar surface area (TPSA) is 100 Å². The lowest BCUT2D eigenvalue weighted by Crippen LogP contribution is -2.22. The maximum absolute atomic E-state index is 12.4. The summed E-state index contributed by atoms with van der Waals surface area (Å²) in [5, 5.41) is 13.6. The van der Waals surface area contributed by atoms with Gasteiger partial charge in [-0.3, -0.25) is 14.6 Å². The third-order valence-electron chi connectivity index (χ3n) is 4.20. The minimum atomic E-state index is -0.372. The summed E-state index contributed by atoms with van der Waals surface area (Å²) in [4.78, 5) is 29.6. The van der Waals surface area contributed by atoms with Crippen LogP contribution in [0.2, 0.25) is 0 Å². The number of likely N-dealkylation sites (N-methyl/N-ethyl adjacent to an activating group) is 1. The second-order valence-electron chi connectivity index (χ2n) is 6.52. The molecule has 0 bridgehead atoms. The quantitative estimate of drug-likeness (QED) is 0.643. The number of anilines is 3. The number of rotatable bonds is 7. The number of carbonyl (C=O) groups excluding carboxylic acids is 2. The number of nitrogens with one attached hydrogen (secondary N) is 2. The molecule has 2 N–H and O–H groups in total. The van der Waals surface area contributed by atoms with Gasteiger partial charge in [-0.2, -0.15) is 0 Å². The fourth-order valence-corrected chi connectivity index (χ4v) is 2.68. The SMILES string of the molecule is CC(=O)Nc1cccc(NC(=O)c2ccc(N(C)CCc3ccncc3)nn2)c1. The van der Waals surface area contributed by atoms with Crippen molar-refractivity contribution in [1.29, 1.82) is 0 Å². The van der Waals surface area contributed by atoms with Crippen LogP contribution in [0.5, 0.6) is 0 Å². The molecule has 0 saturated carbocycles. The standard InChI is InChI=1S/C21H22N6O2/c1-15(28)23-17-4-3-5-18(14-17)24-21(29)19-6-7-20(26-25-19)27(2)13-10-16-8-11-22-12-9-16/h3-9,11-12,14H,10,13H2,1-2H3,(H,23,28)(H,24,29). The molecule has 0 aliphatic rings. The van der Waals surface area contributed by atoms with Crippen LogP contribution in [-0.4, -0.2) is 40.6 Å². The van der Waals surface area contributed by atoms with Crippen molar-refractivity contribution in [3.63, 3.8) is 0 Å². The Balaban J connectivity index is 1.59. The van der Waals surface area contributed by atoms with Crippen LogP contribution < -0.4 is 15.5 Å². The summed E-state index contributed by atoms with van der Waals surface area (Å²) in [6.45, 7) is 2.19. The van der Waals surface area contributed by atoms with Crippen LogP contribution in [0.3, 0.4) is 0 Å². The number of amides is 2. The smallest absolute Gasteiger partial charge is 0.276 e. The number of pyridine rings is 1. The first kappa shape index (κ1) is 19.9. The number of carbonyl (C=O) groups is 2. The maximum Gasteiger partial charge on any atom is 0.276 e. The molecular formula is C21H22N6O2. The summed E-state index contributed by atoms with van der Waals surface area (Å²) in [6.07, 6.45) is 4.40. The fraction of sp³-hybridized carbons (Fsp3) is 0.190. The van der Waals surface area contributed by atoms with Gasteiger partial charge >= 0.3 is 0 Å². The number of nitrogens with zero attached hydrogens (tertiary/aromatic N) is 4. The molecule has 0 atom stereocenters. The number of benzene rings is 1. The van der Waals surface area contributed by atoms with E-state index in [4.69, 9.17) is 0 Å². The van der Waals surface area contributed by atoms with Crippen molar-refractivity contribution in [2.24, 2.45) is 0 Å². The highest BCUT2D eigenvalue weighted by atomic mass is 16.2. The molecule has 0 saturated heterocycles. The fourth-order valence-electron chi connectivity index (χ4n) is 2.68. The zero-order valence-electron chi connectivity index (χ0n) is 16.3. The van der Waals surface area contributed by atoms with Crippen molar-refractivity contribution in [2.75, 3.05) is 29.1 Å². The van der Waals surface area contributed by atoms with E-state index in [0.29, 0.717) is 17.2 Å². The van der Waals surface area contributed by atoms with E-state index in [0.717, 1.165) is 13.0 Å². The largest absolute Gasteiger partial charge is 0.358 e. The van der Waals surface area contributed by atoms with Crippen LogP contribution in [0.1, 0.15) is 23.0 Å². The molecule has 2 amide bonds. The molecule has 8 heteroatoms. The molecule has 8 nitrogen and oxygen atoms in total. The van der Waals surface area contributed by atoms with E-state index >= 15 is 0 Å². The normalized spacial score (nSPS) is 10.3. The Morgan fingerprint density at radius 3 is 2.34 bits per heavy atom. The first-order valence-corrected chi connectivity index (χ1v) is 9.14. The van der Waals surface area contributed by atoms with Gasteiger partial charge in [0.15, 0.2) is 11.5 Å². The van der Waals surface area contributed by atoms with E-state index in [1.54, 1.807) is 48.8 Å². The van der Waals surface area contributed by atoms with E-state index in [-0.39, 0.29) is 17.5 Å². The number of hydrogen-bond donors (Lipinski definition) is 2. The van der Waals surface area contributed by atoms with Crippen molar-refractivity contribution >= 4 is 29.0 Å². The van der Waals surface area contributed by atoms with E-state index in [2.05, 4.69) is 25.8 Å². The predicted molar refractivity (Wildman–Crippen MR) is 112 cm³/mol. The van der Waals surface area contributed by atoms with Gasteiger partial charge in [0, 0.05) is 44.3 Å². The summed E-state index contributed by atoms with van der Waals surface area (Å²) in [7, 11) is 1.93. The van der Waals surface area contributed by atoms with E-state index < -0.39 is 0 Å². The highest BCUT2D eigenvalue weighted by molar-refractivity contribution is 6.03. The summed E-state index contributed by atoms with van der Waals surface area (Å²) in [5.41, 5.74) is 2.56. The van der Waals surface area contributed by atoms with Crippen LogP contribution in [0.25, 0.3) is 0 Å². The molecule has 1 aromatic carbocycles. The van der Waals surface area contributed by atoms with Crippen molar-refractivity contribution < 1.29 is 9.59 Å². The summed E-state index contributed by atoms with van der Waals surface area (Å²) in [6, 6.07) is 14.3. The Labute approximate surface area is 169 Å². The Kier molecular flexibility index (Phi) is 6.47. The summed E-state index contributed by atoms with van der Waals surface area (Å²) < 4.78 is 0. The monoisotopic (exact) mass is 390 g/mol. The van der Waals surface area contributed by atoms with E-state index in [1.165, 1.54) is 12.5 Å². The molecule has 2 heterocycles. The van der Waals surface area contributed by atoms with Crippen molar-refractivity contribution in [2.45, 2.75) is 13.3 Å². The predicted octanol–water partition coefficient (Wildman–Crippen LogP) is 2.76. The minimum absolute atomic E-state index is 0.178. The zero-order chi connectivity index (χ0) is 20.6. The average molecular weight is 390 g/mol. The Bertz CT molecular complexity index is 976. The lowest BCUT2D eigenvalue weighted by molar-refractivity contribution is -0.114. The molecule has 0 radical (unpaired) electrons. The molecule has 0 fully saturated rings. The van der Waals surface area contributed by atoms with Gasteiger partial charge in [0.25, 0.3) is 5.91 Å². The minimum Gasteiger partial charge on any atom is -0.358 e. The van der Waals surface area contributed by atoms with Gasteiger partial charge < -0.3 is 15.5 Å². The lowest BCUT2D eigenvalue weighted by Gasteiger charge is -2.17. The van der Waals surface area contributed by atoms with Crippen LogP contribution in [0.4, 0.5) is 17.2 Å². The molecule has 2 aromatic heterocycles. The molecule has 0 aliphatic carbocycles. The Morgan fingerprint density at radius 2 is 1.69 bits per heavy atom. The third kappa shape index (κ3) is 5.83. The molecule has 0 spiro atoms. The Hall–Kier alpha value is -3.81.